The molecule has 9 nitrogen and oxygen atoms in total. The van der Waals surface area contributed by atoms with Crippen LogP contribution in [0.3, 0.4) is 0 Å². The first-order valence-corrected chi connectivity index (χ1v) is 15.6. The fourth-order valence-electron chi connectivity index (χ4n) is 4.24. The molecule has 0 aromatic heterocycles. The Bertz CT molecular complexity index is 1730. The Hall–Kier alpha value is -4.67. The molecule has 2 amide bonds. The van der Waals surface area contributed by atoms with Gasteiger partial charge in [0.1, 0.15) is 12.3 Å². The highest BCUT2D eigenvalue weighted by molar-refractivity contribution is 7.92. The topological polar surface area (TPSA) is 117 Å². The molecule has 0 aliphatic heterocycles. The minimum atomic E-state index is -4.10. The van der Waals surface area contributed by atoms with Gasteiger partial charge in [0, 0.05) is 5.02 Å². The standard InChI is InChI=1S/C33H33ClN4O5S/c1-23-9-17-30(18-10-23)44(41,42)38(31-19-28(34)14-11-24(31)2)21-32(39)37-35-20-26-12-15-29(16-13-26)43-22-33(40)36-25(3)27-7-5-4-6-8-27/h4-20,25H,21-22H2,1-3H3,(H,36,40)(H,37,39)/b35-20-/t25-/m0/s1. The summed E-state index contributed by atoms with van der Waals surface area (Å²) in [6, 6.07) is 27.5. The molecule has 0 spiro atoms. The molecule has 0 unspecified atom stereocenters. The molecule has 0 saturated carbocycles. The molecule has 44 heavy (non-hydrogen) atoms. The quantitative estimate of drug-likeness (QED) is 0.157. The molecule has 2 N–H and O–H groups in total. The Labute approximate surface area is 262 Å². The molecule has 4 rings (SSSR count). The highest BCUT2D eigenvalue weighted by Gasteiger charge is 2.28. The molecule has 228 valence electrons. The monoisotopic (exact) mass is 632 g/mol. The van der Waals surface area contributed by atoms with Gasteiger partial charge in [0.15, 0.2) is 6.61 Å². The van der Waals surface area contributed by atoms with Gasteiger partial charge >= 0.3 is 0 Å². The van der Waals surface area contributed by atoms with Gasteiger partial charge in [0.05, 0.1) is 22.8 Å². The van der Waals surface area contributed by atoms with Crippen LogP contribution in [-0.2, 0) is 19.6 Å². The second kappa shape index (κ2) is 14.7. The van der Waals surface area contributed by atoms with Crippen LogP contribution >= 0.6 is 11.6 Å². The molecule has 0 aliphatic carbocycles. The maximum Gasteiger partial charge on any atom is 0.264 e. The zero-order valence-electron chi connectivity index (χ0n) is 24.5. The molecule has 4 aromatic carbocycles. The lowest BCUT2D eigenvalue weighted by Crippen LogP contribution is -2.40. The number of amides is 2. The minimum absolute atomic E-state index is 0.0456. The number of carbonyl (C=O) groups is 2. The van der Waals surface area contributed by atoms with Crippen molar-refractivity contribution in [2.24, 2.45) is 5.10 Å². The van der Waals surface area contributed by atoms with Crippen molar-refractivity contribution in [1.82, 2.24) is 10.7 Å². The third-order valence-corrected chi connectivity index (χ3v) is 8.68. The van der Waals surface area contributed by atoms with E-state index in [1.165, 1.54) is 24.4 Å². The number of hydrogen-bond donors (Lipinski definition) is 2. The second-order valence-corrected chi connectivity index (χ2v) is 12.4. The first kappa shape index (κ1) is 32.2. The molecule has 0 radical (unpaired) electrons. The van der Waals surface area contributed by atoms with Crippen LogP contribution in [0.25, 0.3) is 0 Å². The molecule has 1 atom stereocenters. The number of aryl methyl sites for hydroxylation is 2. The van der Waals surface area contributed by atoms with Gasteiger partial charge in [-0.25, -0.2) is 13.8 Å². The van der Waals surface area contributed by atoms with E-state index >= 15 is 0 Å². The van der Waals surface area contributed by atoms with E-state index in [1.807, 2.05) is 44.2 Å². The van der Waals surface area contributed by atoms with E-state index in [4.69, 9.17) is 16.3 Å². The van der Waals surface area contributed by atoms with Gasteiger partial charge in [-0.1, -0.05) is 65.7 Å². The molecule has 0 bridgehead atoms. The van der Waals surface area contributed by atoms with Crippen LogP contribution < -0.4 is 19.8 Å². The van der Waals surface area contributed by atoms with E-state index in [-0.39, 0.29) is 29.1 Å². The second-order valence-electron chi connectivity index (χ2n) is 10.1. The maximum absolute atomic E-state index is 13.6. The summed E-state index contributed by atoms with van der Waals surface area (Å²) in [4.78, 5) is 25.2. The van der Waals surface area contributed by atoms with Gasteiger partial charge in [0.2, 0.25) is 0 Å². The van der Waals surface area contributed by atoms with Crippen LogP contribution in [0.15, 0.2) is 107 Å². The number of sulfonamides is 1. The Morgan fingerprint density at radius 2 is 1.61 bits per heavy atom. The summed E-state index contributed by atoms with van der Waals surface area (Å²) in [5.74, 6) is -0.407. The SMILES string of the molecule is Cc1ccc(S(=O)(=O)N(CC(=O)N/N=C\c2ccc(OCC(=O)N[C@@H](C)c3ccccc3)cc2)c2cc(Cl)ccc2C)cc1. The van der Waals surface area contributed by atoms with E-state index in [2.05, 4.69) is 15.8 Å². The fraction of sp³-hybridized carbons (Fsp3) is 0.182. The Morgan fingerprint density at radius 3 is 2.30 bits per heavy atom. The zero-order chi connectivity index (χ0) is 31.7. The van der Waals surface area contributed by atoms with E-state index in [9.17, 15) is 18.0 Å². The van der Waals surface area contributed by atoms with Crippen LogP contribution in [-0.4, -0.2) is 39.6 Å². The molecule has 0 aliphatic rings. The number of nitrogens with zero attached hydrogens (tertiary/aromatic N) is 2. The van der Waals surface area contributed by atoms with Crippen molar-refractivity contribution in [2.75, 3.05) is 17.5 Å². The lowest BCUT2D eigenvalue weighted by molar-refractivity contribution is -0.123. The Morgan fingerprint density at radius 1 is 0.932 bits per heavy atom. The van der Waals surface area contributed by atoms with Crippen molar-refractivity contribution < 1.29 is 22.7 Å². The summed E-state index contributed by atoms with van der Waals surface area (Å²) in [7, 11) is -4.10. The number of benzene rings is 4. The lowest BCUT2D eigenvalue weighted by atomic mass is 10.1. The molecule has 0 heterocycles. The fourth-order valence-corrected chi connectivity index (χ4v) is 5.88. The lowest BCUT2D eigenvalue weighted by Gasteiger charge is -2.25. The van der Waals surface area contributed by atoms with Crippen molar-refractivity contribution in [3.05, 3.63) is 124 Å². The highest BCUT2D eigenvalue weighted by Crippen LogP contribution is 2.29. The van der Waals surface area contributed by atoms with Gasteiger partial charge in [-0.15, -0.1) is 0 Å². The number of hydrogen-bond acceptors (Lipinski definition) is 6. The highest BCUT2D eigenvalue weighted by atomic mass is 35.5. The molecular weight excluding hydrogens is 600 g/mol. The number of ether oxygens (including phenoxy) is 1. The van der Waals surface area contributed by atoms with E-state index in [0.717, 1.165) is 15.4 Å². The molecule has 11 heteroatoms. The summed E-state index contributed by atoms with van der Waals surface area (Å²) in [6.45, 7) is 4.83. The number of nitrogens with one attached hydrogen (secondary N) is 2. The van der Waals surface area contributed by atoms with Crippen LogP contribution in [0, 0.1) is 13.8 Å². The first-order chi connectivity index (χ1) is 21.0. The Kier molecular flexibility index (Phi) is 10.8. The predicted molar refractivity (Wildman–Crippen MR) is 173 cm³/mol. The van der Waals surface area contributed by atoms with Crippen molar-refractivity contribution in [2.45, 2.75) is 31.7 Å². The largest absolute Gasteiger partial charge is 0.484 e. The van der Waals surface area contributed by atoms with Gasteiger partial charge < -0.3 is 10.1 Å². The normalized spacial score (nSPS) is 12.0. The maximum atomic E-state index is 13.6. The van der Waals surface area contributed by atoms with Crippen molar-refractivity contribution in [1.29, 1.82) is 0 Å². The van der Waals surface area contributed by atoms with Crippen LogP contribution in [0.5, 0.6) is 5.75 Å². The van der Waals surface area contributed by atoms with Crippen molar-refractivity contribution in [3.8, 4) is 5.75 Å². The molecular formula is C33H33ClN4O5S. The van der Waals surface area contributed by atoms with E-state index in [1.54, 1.807) is 55.5 Å². The zero-order valence-corrected chi connectivity index (χ0v) is 26.1. The number of rotatable bonds is 12. The molecule has 0 fully saturated rings. The van der Waals surface area contributed by atoms with Gasteiger partial charge in [0.25, 0.3) is 21.8 Å². The summed E-state index contributed by atoms with van der Waals surface area (Å²) in [5.41, 5.74) is 5.86. The number of carbonyl (C=O) groups excluding carboxylic acids is 2. The minimum Gasteiger partial charge on any atom is -0.484 e. The molecule has 4 aromatic rings. The summed E-state index contributed by atoms with van der Waals surface area (Å²) in [6.07, 6.45) is 1.42. The third kappa shape index (κ3) is 8.68. The van der Waals surface area contributed by atoms with E-state index in [0.29, 0.717) is 21.9 Å². The first-order valence-electron chi connectivity index (χ1n) is 13.8. The molecule has 0 saturated heterocycles. The number of hydrazone groups is 1. The number of anilines is 1. The van der Waals surface area contributed by atoms with Crippen LogP contribution in [0.2, 0.25) is 5.02 Å². The predicted octanol–water partition coefficient (Wildman–Crippen LogP) is 5.56. The van der Waals surface area contributed by atoms with Gasteiger partial charge in [-0.05, 0) is 86.0 Å². The third-order valence-electron chi connectivity index (χ3n) is 6.67. The number of halogens is 1. The average molecular weight is 633 g/mol. The van der Waals surface area contributed by atoms with Crippen molar-refractivity contribution in [3.63, 3.8) is 0 Å². The summed E-state index contributed by atoms with van der Waals surface area (Å²) in [5, 5.41) is 7.21. The average Bonchev–Trinajstić information content (AvgIpc) is 3.01. The van der Waals surface area contributed by atoms with E-state index < -0.39 is 22.5 Å². The van der Waals surface area contributed by atoms with Crippen LogP contribution in [0.1, 0.15) is 35.2 Å². The summed E-state index contributed by atoms with van der Waals surface area (Å²) >= 11 is 6.18. The van der Waals surface area contributed by atoms with Gasteiger partial charge in [-0.3, -0.25) is 13.9 Å². The van der Waals surface area contributed by atoms with Gasteiger partial charge in [-0.2, -0.15) is 5.10 Å². The van der Waals surface area contributed by atoms with Crippen LogP contribution in [0.4, 0.5) is 5.69 Å². The summed E-state index contributed by atoms with van der Waals surface area (Å²) < 4.78 is 33.8. The van der Waals surface area contributed by atoms with Crippen molar-refractivity contribution >= 4 is 45.3 Å². The smallest absolute Gasteiger partial charge is 0.264 e. The Balaban J connectivity index is 1.36.